The first-order valence-electron chi connectivity index (χ1n) is 7.26. The van der Waals surface area contributed by atoms with Crippen LogP contribution in [0, 0.1) is 0 Å². The van der Waals surface area contributed by atoms with E-state index in [1.54, 1.807) is 0 Å². The summed E-state index contributed by atoms with van der Waals surface area (Å²) < 4.78 is 16.5. The Labute approximate surface area is 136 Å². The molecule has 0 aromatic heterocycles. The van der Waals surface area contributed by atoms with Crippen LogP contribution < -0.4 is 0 Å². The topological polar surface area (TPSA) is 27.7 Å². The van der Waals surface area contributed by atoms with E-state index >= 15 is 0 Å². The highest BCUT2D eigenvalue weighted by Gasteiger charge is 1.94. The van der Waals surface area contributed by atoms with Gasteiger partial charge in [0.1, 0.15) is 0 Å². The quantitative estimate of drug-likeness (QED) is 0.495. The van der Waals surface area contributed by atoms with E-state index in [4.69, 9.17) is 14.2 Å². The molecule has 0 amide bonds. The Bertz CT molecular complexity index is 431. The lowest BCUT2D eigenvalue weighted by molar-refractivity contribution is 0.00704. The fourth-order valence-corrected chi connectivity index (χ4v) is 1.87. The summed E-state index contributed by atoms with van der Waals surface area (Å²) in [6.07, 6.45) is 0. The minimum absolute atomic E-state index is 0. The molecule has 0 aliphatic rings. The van der Waals surface area contributed by atoms with Gasteiger partial charge in [0.05, 0.1) is 39.6 Å². The van der Waals surface area contributed by atoms with Crippen molar-refractivity contribution in [2.24, 2.45) is 0 Å². The average Bonchev–Trinajstić information content (AvgIpc) is 2.55. The van der Waals surface area contributed by atoms with E-state index in [0.29, 0.717) is 39.6 Å². The maximum Gasteiger partial charge on any atom is 0.0718 e. The molecule has 2 aromatic rings. The Morgan fingerprint density at radius 2 is 0.864 bits per heavy atom. The minimum Gasteiger partial charge on any atom is -0.377 e. The standard InChI is InChI=1S/C18H22O3.H3P/c1-3-7-17(8-4-1)15-20-13-11-19-12-14-21-16-18-9-5-2-6-10-18;/h1-10H,11-16H2;1H3. The van der Waals surface area contributed by atoms with Gasteiger partial charge in [0.2, 0.25) is 0 Å². The highest BCUT2D eigenvalue weighted by molar-refractivity contribution is 6.92. The molecule has 2 rings (SSSR count). The molecule has 0 N–H and O–H groups in total. The van der Waals surface area contributed by atoms with Crippen molar-refractivity contribution in [2.45, 2.75) is 13.2 Å². The zero-order valence-corrected chi connectivity index (χ0v) is 14.4. The molecule has 0 bridgehead atoms. The summed E-state index contributed by atoms with van der Waals surface area (Å²) in [5, 5.41) is 0. The third-order valence-corrected chi connectivity index (χ3v) is 2.97. The molecule has 120 valence electrons. The molecule has 1 unspecified atom stereocenters. The molecule has 3 nitrogen and oxygen atoms in total. The van der Waals surface area contributed by atoms with Crippen LogP contribution in [0.5, 0.6) is 0 Å². The maximum absolute atomic E-state index is 5.53. The molecule has 0 radical (unpaired) electrons. The van der Waals surface area contributed by atoms with Crippen LogP contribution in [0.15, 0.2) is 60.7 Å². The van der Waals surface area contributed by atoms with E-state index in [1.807, 2.05) is 36.4 Å². The monoisotopic (exact) mass is 320 g/mol. The number of hydrogen-bond acceptors (Lipinski definition) is 3. The van der Waals surface area contributed by atoms with Gasteiger partial charge in [-0.1, -0.05) is 60.7 Å². The van der Waals surface area contributed by atoms with Gasteiger partial charge in [-0.05, 0) is 11.1 Å². The molecule has 2 aromatic carbocycles. The summed E-state index contributed by atoms with van der Waals surface area (Å²) in [5.74, 6) is 0. The fourth-order valence-electron chi connectivity index (χ4n) is 1.87. The van der Waals surface area contributed by atoms with Gasteiger partial charge < -0.3 is 14.2 Å². The van der Waals surface area contributed by atoms with Crippen LogP contribution in [-0.2, 0) is 27.4 Å². The van der Waals surface area contributed by atoms with E-state index in [0.717, 1.165) is 0 Å². The highest BCUT2D eigenvalue weighted by Crippen LogP contribution is 2.01. The van der Waals surface area contributed by atoms with Gasteiger partial charge in [0.15, 0.2) is 0 Å². The molecule has 1 atom stereocenters. The van der Waals surface area contributed by atoms with Crippen molar-refractivity contribution in [2.75, 3.05) is 26.4 Å². The van der Waals surface area contributed by atoms with Crippen molar-refractivity contribution >= 4 is 9.90 Å². The van der Waals surface area contributed by atoms with Crippen molar-refractivity contribution in [1.29, 1.82) is 0 Å². The first-order valence-corrected chi connectivity index (χ1v) is 7.26. The highest BCUT2D eigenvalue weighted by atomic mass is 31.0. The summed E-state index contributed by atoms with van der Waals surface area (Å²) in [6, 6.07) is 20.3. The minimum atomic E-state index is 0. The fraction of sp³-hybridized carbons (Fsp3) is 0.333. The van der Waals surface area contributed by atoms with Crippen LogP contribution >= 0.6 is 9.90 Å². The largest absolute Gasteiger partial charge is 0.377 e. The second-order valence-corrected chi connectivity index (χ2v) is 4.69. The van der Waals surface area contributed by atoms with Crippen LogP contribution in [0.4, 0.5) is 0 Å². The van der Waals surface area contributed by atoms with E-state index < -0.39 is 0 Å². The number of rotatable bonds is 10. The molecule has 0 heterocycles. The number of hydrogen-bond donors (Lipinski definition) is 0. The molecular weight excluding hydrogens is 295 g/mol. The Hall–Kier alpha value is -1.25. The van der Waals surface area contributed by atoms with Gasteiger partial charge in [-0.3, -0.25) is 0 Å². The summed E-state index contributed by atoms with van der Waals surface area (Å²) >= 11 is 0. The van der Waals surface area contributed by atoms with Gasteiger partial charge >= 0.3 is 0 Å². The van der Waals surface area contributed by atoms with Crippen molar-refractivity contribution in [3.05, 3.63) is 71.8 Å². The molecule has 4 heteroatoms. The molecule has 0 spiro atoms. The summed E-state index contributed by atoms with van der Waals surface area (Å²) in [7, 11) is 0. The van der Waals surface area contributed by atoms with Gasteiger partial charge in [-0.25, -0.2) is 0 Å². The summed E-state index contributed by atoms with van der Waals surface area (Å²) in [5.41, 5.74) is 2.37. The van der Waals surface area contributed by atoms with E-state index in [9.17, 15) is 0 Å². The van der Waals surface area contributed by atoms with Crippen LogP contribution in [0.1, 0.15) is 11.1 Å². The predicted molar refractivity (Wildman–Crippen MR) is 94.1 cm³/mol. The second kappa shape index (κ2) is 12.3. The SMILES string of the molecule is P.c1ccc(COCCOCCOCc2ccccc2)cc1. The second-order valence-electron chi connectivity index (χ2n) is 4.69. The Morgan fingerprint density at radius 3 is 1.27 bits per heavy atom. The molecule has 0 aliphatic heterocycles. The molecule has 22 heavy (non-hydrogen) atoms. The summed E-state index contributed by atoms with van der Waals surface area (Å²) in [6.45, 7) is 3.67. The molecule has 0 fully saturated rings. The maximum atomic E-state index is 5.53. The number of benzene rings is 2. The Kier molecular flexibility index (Phi) is 10.5. The third-order valence-electron chi connectivity index (χ3n) is 2.97. The van der Waals surface area contributed by atoms with Crippen LogP contribution in [0.2, 0.25) is 0 Å². The first-order chi connectivity index (χ1) is 10.4. The molecule has 0 saturated heterocycles. The van der Waals surface area contributed by atoms with Crippen molar-refractivity contribution in [1.82, 2.24) is 0 Å². The predicted octanol–water partition coefficient (Wildman–Crippen LogP) is 3.49. The van der Waals surface area contributed by atoms with Crippen LogP contribution in [0.25, 0.3) is 0 Å². The lowest BCUT2D eigenvalue weighted by Gasteiger charge is -2.07. The Morgan fingerprint density at radius 1 is 0.500 bits per heavy atom. The zero-order chi connectivity index (χ0) is 14.6. The normalized spacial score (nSPS) is 10.2. The van der Waals surface area contributed by atoms with E-state index in [2.05, 4.69) is 24.3 Å². The third kappa shape index (κ3) is 8.26. The molecule has 0 aliphatic carbocycles. The number of ether oxygens (including phenoxy) is 3. The van der Waals surface area contributed by atoms with E-state index in [1.165, 1.54) is 11.1 Å². The van der Waals surface area contributed by atoms with Crippen molar-refractivity contribution < 1.29 is 14.2 Å². The zero-order valence-electron chi connectivity index (χ0n) is 12.9. The van der Waals surface area contributed by atoms with Gasteiger partial charge in [0.25, 0.3) is 0 Å². The average molecular weight is 320 g/mol. The smallest absolute Gasteiger partial charge is 0.0718 e. The van der Waals surface area contributed by atoms with Crippen molar-refractivity contribution in [3.63, 3.8) is 0 Å². The summed E-state index contributed by atoms with van der Waals surface area (Å²) in [4.78, 5) is 0. The van der Waals surface area contributed by atoms with Gasteiger partial charge in [-0.15, -0.1) is 0 Å². The first kappa shape index (κ1) is 18.8. The van der Waals surface area contributed by atoms with Crippen LogP contribution in [-0.4, -0.2) is 26.4 Å². The lowest BCUT2D eigenvalue weighted by atomic mass is 10.2. The van der Waals surface area contributed by atoms with Gasteiger partial charge in [0, 0.05) is 0 Å². The van der Waals surface area contributed by atoms with E-state index in [-0.39, 0.29) is 9.90 Å². The lowest BCUT2D eigenvalue weighted by Crippen LogP contribution is -2.09. The van der Waals surface area contributed by atoms with Crippen LogP contribution in [0.3, 0.4) is 0 Å². The Balaban J connectivity index is 0.00000242. The van der Waals surface area contributed by atoms with Gasteiger partial charge in [-0.2, -0.15) is 9.90 Å². The molecule has 0 saturated carbocycles. The van der Waals surface area contributed by atoms with Crippen molar-refractivity contribution in [3.8, 4) is 0 Å². The molecular formula is C18H25O3P.